The molecule has 0 aliphatic carbocycles. The highest BCUT2D eigenvalue weighted by molar-refractivity contribution is 5.91. The summed E-state index contributed by atoms with van der Waals surface area (Å²) in [4.78, 5) is 16.4. The van der Waals surface area contributed by atoms with Crippen LogP contribution >= 0.6 is 0 Å². The molecule has 1 N–H and O–H groups in total. The number of carbonyl (C=O) groups is 1. The fraction of sp³-hybridized carbons (Fsp3) is 0.267. The molecule has 0 radical (unpaired) electrons. The molecule has 2 heterocycles. The molecule has 0 unspecified atom stereocenters. The van der Waals surface area contributed by atoms with Gasteiger partial charge in [0.2, 0.25) is 11.9 Å². The molecule has 0 aliphatic rings. The van der Waals surface area contributed by atoms with Gasteiger partial charge in [0, 0.05) is 26.2 Å². The largest absolute Gasteiger partial charge is 0.313 e. The molecule has 3 rings (SSSR count). The van der Waals surface area contributed by atoms with E-state index < -0.39 is 0 Å². The van der Waals surface area contributed by atoms with E-state index in [0.29, 0.717) is 18.9 Å². The first-order valence-electron chi connectivity index (χ1n) is 6.84. The van der Waals surface area contributed by atoms with Crippen LogP contribution in [-0.2, 0) is 18.4 Å². The predicted molar refractivity (Wildman–Crippen MR) is 80.9 cm³/mol. The van der Waals surface area contributed by atoms with Gasteiger partial charge in [0.25, 0.3) is 0 Å². The molecule has 0 spiro atoms. The maximum absolute atomic E-state index is 12.0. The van der Waals surface area contributed by atoms with Crippen molar-refractivity contribution in [2.45, 2.75) is 19.9 Å². The first kappa shape index (κ1) is 13.4. The molecule has 1 aromatic carbocycles. The molecule has 3 aromatic rings. The second-order valence-corrected chi connectivity index (χ2v) is 5.06. The van der Waals surface area contributed by atoms with Crippen molar-refractivity contribution >= 4 is 22.9 Å². The molecule has 2 aromatic heterocycles. The van der Waals surface area contributed by atoms with E-state index in [9.17, 15) is 4.79 Å². The Hall–Kier alpha value is -2.63. The number of hydrogen-bond donors (Lipinski definition) is 1. The average molecular weight is 283 g/mol. The summed E-state index contributed by atoms with van der Waals surface area (Å²) >= 11 is 0. The molecule has 21 heavy (non-hydrogen) atoms. The topological polar surface area (TPSA) is 64.7 Å². The van der Waals surface area contributed by atoms with E-state index >= 15 is 0 Å². The fourth-order valence-electron chi connectivity index (χ4n) is 2.25. The molecular formula is C15H17N5O. The molecule has 0 atom stereocenters. The second-order valence-electron chi connectivity index (χ2n) is 5.06. The number of benzene rings is 1. The van der Waals surface area contributed by atoms with E-state index in [1.165, 1.54) is 0 Å². The van der Waals surface area contributed by atoms with Crippen LogP contribution in [0.4, 0.5) is 5.95 Å². The van der Waals surface area contributed by atoms with Gasteiger partial charge in [-0.2, -0.15) is 5.10 Å². The number of hydrogen-bond acceptors (Lipinski definition) is 3. The number of anilines is 1. The monoisotopic (exact) mass is 283 g/mol. The second kappa shape index (κ2) is 5.40. The lowest BCUT2D eigenvalue weighted by molar-refractivity contribution is -0.116. The van der Waals surface area contributed by atoms with Crippen molar-refractivity contribution in [1.82, 2.24) is 19.3 Å². The van der Waals surface area contributed by atoms with Crippen molar-refractivity contribution in [3.63, 3.8) is 0 Å². The highest BCUT2D eigenvalue weighted by Crippen LogP contribution is 2.17. The van der Waals surface area contributed by atoms with Gasteiger partial charge in [0.05, 0.1) is 17.2 Å². The summed E-state index contributed by atoms with van der Waals surface area (Å²) < 4.78 is 3.65. The van der Waals surface area contributed by atoms with Gasteiger partial charge in [-0.05, 0) is 24.6 Å². The quantitative estimate of drug-likeness (QED) is 0.797. The standard InChI is InChI=1S/C15H17N5O/c1-11-9-16-20(10-11)8-7-14(21)18-15-17-12-5-3-4-6-13(12)19(15)2/h3-6,9-10H,7-8H2,1-2H3,(H,17,18,21). The SMILES string of the molecule is Cc1cnn(CCC(=O)Nc2nc3ccccc3n2C)c1. The Morgan fingerprint density at radius 2 is 2.14 bits per heavy atom. The summed E-state index contributed by atoms with van der Waals surface area (Å²) in [6, 6.07) is 7.79. The van der Waals surface area contributed by atoms with E-state index in [2.05, 4.69) is 15.4 Å². The van der Waals surface area contributed by atoms with Crippen LogP contribution in [0.15, 0.2) is 36.7 Å². The van der Waals surface area contributed by atoms with Crippen molar-refractivity contribution in [1.29, 1.82) is 0 Å². The van der Waals surface area contributed by atoms with Gasteiger partial charge in [-0.1, -0.05) is 12.1 Å². The number of imidazole rings is 1. The Labute approximate surface area is 122 Å². The van der Waals surface area contributed by atoms with E-state index in [0.717, 1.165) is 16.6 Å². The normalized spacial score (nSPS) is 11.0. The lowest BCUT2D eigenvalue weighted by atomic mass is 10.3. The lowest BCUT2D eigenvalue weighted by Crippen LogP contribution is -2.17. The van der Waals surface area contributed by atoms with Crippen molar-refractivity contribution in [3.05, 3.63) is 42.2 Å². The van der Waals surface area contributed by atoms with Crippen LogP contribution in [0.25, 0.3) is 11.0 Å². The van der Waals surface area contributed by atoms with Crippen LogP contribution < -0.4 is 5.32 Å². The Bertz CT molecular complexity index is 786. The molecule has 1 amide bonds. The van der Waals surface area contributed by atoms with Gasteiger partial charge < -0.3 is 4.57 Å². The number of fused-ring (bicyclic) bond motifs is 1. The summed E-state index contributed by atoms with van der Waals surface area (Å²) in [5.74, 6) is 0.499. The molecule has 0 bridgehead atoms. The maximum atomic E-state index is 12.0. The molecule has 6 nitrogen and oxygen atoms in total. The zero-order valence-corrected chi connectivity index (χ0v) is 12.1. The van der Waals surface area contributed by atoms with Gasteiger partial charge in [0.15, 0.2) is 0 Å². The zero-order chi connectivity index (χ0) is 14.8. The maximum Gasteiger partial charge on any atom is 0.228 e. The molecule has 6 heteroatoms. The lowest BCUT2D eigenvalue weighted by Gasteiger charge is -2.05. The number of nitrogens with zero attached hydrogens (tertiary/aromatic N) is 4. The summed E-state index contributed by atoms with van der Waals surface area (Å²) in [5.41, 5.74) is 2.96. The van der Waals surface area contributed by atoms with Gasteiger partial charge in [-0.15, -0.1) is 0 Å². The summed E-state index contributed by atoms with van der Waals surface area (Å²) in [6.07, 6.45) is 4.07. The third kappa shape index (κ3) is 2.79. The number of para-hydroxylation sites is 2. The zero-order valence-electron chi connectivity index (χ0n) is 12.1. The molecular weight excluding hydrogens is 266 g/mol. The van der Waals surface area contributed by atoms with E-state index in [1.54, 1.807) is 10.9 Å². The summed E-state index contributed by atoms with van der Waals surface area (Å²) in [6.45, 7) is 2.53. The molecule has 0 aliphatic heterocycles. The van der Waals surface area contributed by atoms with Gasteiger partial charge in [-0.25, -0.2) is 4.98 Å². The Morgan fingerprint density at radius 1 is 1.33 bits per heavy atom. The number of aromatic nitrogens is 4. The first-order chi connectivity index (χ1) is 10.1. The number of rotatable bonds is 4. The number of amides is 1. The number of aryl methyl sites for hydroxylation is 3. The highest BCUT2D eigenvalue weighted by Gasteiger charge is 2.10. The van der Waals surface area contributed by atoms with Crippen LogP contribution in [0.3, 0.4) is 0 Å². The summed E-state index contributed by atoms with van der Waals surface area (Å²) in [7, 11) is 1.89. The fourth-order valence-corrected chi connectivity index (χ4v) is 2.25. The van der Waals surface area contributed by atoms with Gasteiger partial charge >= 0.3 is 0 Å². The molecule has 0 fully saturated rings. The van der Waals surface area contributed by atoms with Gasteiger partial charge in [-0.3, -0.25) is 14.8 Å². The molecule has 0 saturated carbocycles. The minimum Gasteiger partial charge on any atom is -0.313 e. The van der Waals surface area contributed by atoms with Crippen molar-refractivity contribution in [2.24, 2.45) is 7.05 Å². The Kier molecular flexibility index (Phi) is 3.43. The van der Waals surface area contributed by atoms with Crippen LogP contribution in [0.2, 0.25) is 0 Å². The minimum absolute atomic E-state index is 0.0680. The molecule has 0 saturated heterocycles. The number of nitrogens with one attached hydrogen (secondary N) is 1. The smallest absolute Gasteiger partial charge is 0.228 e. The first-order valence-corrected chi connectivity index (χ1v) is 6.84. The highest BCUT2D eigenvalue weighted by atomic mass is 16.1. The summed E-state index contributed by atoms with van der Waals surface area (Å²) in [5, 5.41) is 7.01. The van der Waals surface area contributed by atoms with E-state index in [4.69, 9.17) is 0 Å². The minimum atomic E-state index is -0.0680. The molecule has 108 valence electrons. The predicted octanol–water partition coefficient (Wildman–Crippen LogP) is 2.11. The van der Waals surface area contributed by atoms with E-state index in [-0.39, 0.29) is 5.91 Å². The van der Waals surface area contributed by atoms with Crippen molar-refractivity contribution in [2.75, 3.05) is 5.32 Å². The van der Waals surface area contributed by atoms with Crippen LogP contribution in [0.5, 0.6) is 0 Å². The van der Waals surface area contributed by atoms with Gasteiger partial charge in [0.1, 0.15) is 0 Å². The number of carbonyl (C=O) groups excluding carboxylic acids is 1. The average Bonchev–Trinajstić information content (AvgIpc) is 3.02. The third-order valence-electron chi connectivity index (χ3n) is 3.37. The van der Waals surface area contributed by atoms with E-state index in [1.807, 2.05) is 49.0 Å². The Morgan fingerprint density at radius 3 is 2.86 bits per heavy atom. The third-order valence-corrected chi connectivity index (χ3v) is 3.37. The van der Waals surface area contributed by atoms with Crippen LogP contribution in [-0.4, -0.2) is 25.2 Å². The van der Waals surface area contributed by atoms with Crippen LogP contribution in [0, 0.1) is 6.92 Å². The van der Waals surface area contributed by atoms with Crippen molar-refractivity contribution in [3.8, 4) is 0 Å². The Balaban J connectivity index is 1.67. The van der Waals surface area contributed by atoms with Crippen LogP contribution in [0.1, 0.15) is 12.0 Å². The van der Waals surface area contributed by atoms with Crippen molar-refractivity contribution < 1.29 is 4.79 Å².